The van der Waals surface area contributed by atoms with Gasteiger partial charge in [0.25, 0.3) is 0 Å². The number of anilines is 3. The molecule has 0 saturated carbocycles. The van der Waals surface area contributed by atoms with Gasteiger partial charge in [-0.05, 0) is 32.9 Å². The lowest BCUT2D eigenvalue weighted by Gasteiger charge is -2.18. The van der Waals surface area contributed by atoms with E-state index in [-0.39, 0.29) is 18.2 Å². The normalized spacial score (nSPS) is 16.6. The second-order valence-corrected chi connectivity index (χ2v) is 7.19. The van der Waals surface area contributed by atoms with Crippen molar-refractivity contribution in [1.82, 2.24) is 9.97 Å². The Morgan fingerprint density at radius 1 is 1.11 bits per heavy atom. The number of carbonyl (C=O) groups is 2. The average Bonchev–Trinajstić information content (AvgIpc) is 3.00. The fraction of sp³-hybridized carbons (Fsp3) is 0.400. The molecule has 0 aliphatic carbocycles. The number of nitrogens with one attached hydrogen (secondary N) is 1. The van der Waals surface area contributed by atoms with Crippen LogP contribution in [-0.4, -0.2) is 42.4 Å². The minimum Gasteiger partial charge on any atom is -0.347 e. The molecule has 0 bridgehead atoms. The summed E-state index contributed by atoms with van der Waals surface area (Å²) in [5.41, 5.74) is 3.99. The first-order valence-electron chi connectivity index (χ1n) is 8.96. The van der Waals surface area contributed by atoms with Crippen LogP contribution in [-0.2, 0) is 9.59 Å². The summed E-state index contributed by atoms with van der Waals surface area (Å²) >= 11 is 0. The summed E-state index contributed by atoms with van der Waals surface area (Å²) in [6.07, 6.45) is 0.203. The molecular formula is C20H25N5O2. The number of amides is 2. The third-order valence-corrected chi connectivity index (χ3v) is 4.75. The van der Waals surface area contributed by atoms with E-state index in [1.165, 1.54) is 0 Å². The highest BCUT2D eigenvalue weighted by molar-refractivity contribution is 6.03. The summed E-state index contributed by atoms with van der Waals surface area (Å²) in [5.74, 6) is -0.00673. The lowest BCUT2D eigenvalue weighted by atomic mass is 10.1. The van der Waals surface area contributed by atoms with E-state index < -0.39 is 5.92 Å². The lowest BCUT2D eigenvalue weighted by Crippen LogP contribution is -2.28. The van der Waals surface area contributed by atoms with Gasteiger partial charge >= 0.3 is 0 Å². The summed E-state index contributed by atoms with van der Waals surface area (Å²) in [5, 5.41) is 2.93. The second kappa shape index (κ2) is 7.34. The number of hydrogen-bond acceptors (Lipinski definition) is 5. The van der Waals surface area contributed by atoms with E-state index in [1.807, 2.05) is 64.0 Å². The summed E-state index contributed by atoms with van der Waals surface area (Å²) in [7, 11) is 3.74. The van der Waals surface area contributed by atoms with Gasteiger partial charge in [-0.1, -0.05) is 17.7 Å². The summed E-state index contributed by atoms with van der Waals surface area (Å²) in [6.45, 7) is 6.06. The van der Waals surface area contributed by atoms with E-state index in [1.54, 1.807) is 4.90 Å². The first-order chi connectivity index (χ1) is 12.8. The standard InChI is InChI=1S/C20H25N5O2/c1-12-6-8-16(9-7-12)25-11-15(10-17(25)26)19(27)23-18-13(2)21-20(24(4)5)22-14(18)3/h6-9,15H,10-11H2,1-5H3,(H,23,27). The van der Waals surface area contributed by atoms with Crippen LogP contribution in [0.2, 0.25) is 0 Å². The first kappa shape index (κ1) is 18.8. The van der Waals surface area contributed by atoms with Crippen molar-refractivity contribution in [2.24, 2.45) is 5.92 Å². The molecule has 2 heterocycles. The zero-order chi connectivity index (χ0) is 19.7. The zero-order valence-corrected chi connectivity index (χ0v) is 16.4. The number of hydrogen-bond donors (Lipinski definition) is 1. The molecule has 27 heavy (non-hydrogen) atoms. The quantitative estimate of drug-likeness (QED) is 0.898. The molecule has 1 aromatic carbocycles. The molecule has 3 rings (SSSR count). The van der Waals surface area contributed by atoms with Crippen molar-refractivity contribution in [1.29, 1.82) is 0 Å². The molecule has 142 valence electrons. The van der Waals surface area contributed by atoms with Crippen LogP contribution >= 0.6 is 0 Å². The monoisotopic (exact) mass is 367 g/mol. The molecule has 0 spiro atoms. The minimum absolute atomic E-state index is 0.0355. The van der Waals surface area contributed by atoms with Crippen LogP contribution < -0.4 is 15.1 Å². The van der Waals surface area contributed by atoms with Gasteiger partial charge in [-0.2, -0.15) is 0 Å². The summed E-state index contributed by atoms with van der Waals surface area (Å²) in [4.78, 5) is 37.5. The van der Waals surface area contributed by atoms with Crippen molar-refractivity contribution in [2.45, 2.75) is 27.2 Å². The van der Waals surface area contributed by atoms with E-state index in [2.05, 4.69) is 15.3 Å². The molecule has 1 aliphatic rings. The third-order valence-electron chi connectivity index (χ3n) is 4.75. The molecule has 1 fully saturated rings. The lowest BCUT2D eigenvalue weighted by molar-refractivity contribution is -0.122. The van der Waals surface area contributed by atoms with Crippen molar-refractivity contribution in [3.63, 3.8) is 0 Å². The first-order valence-corrected chi connectivity index (χ1v) is 8.96. The topological polar surface area (TPSA) is 78.4 Å². The Balaban J connectivity index is 1.74. The molecule has 2 aromatic rings. The number of nitrogens with zero attached hydrogens (tertiary/aromatic N) is 4. The Bertz CT molecular complexity index is 853. The largest absolute Gasteiger partial charge is 0.347 e. The molecular weight excluding hydrogens is 342 g/mol. The molecule has 1 aromatic heterocycles. The Morgan fingerprint density at radius 3 is 2.26 bits per heavy atom. The highest BCUT2D eigenvalue weighted by Crippen LogP contribution is 2.27. The second-order valence-electron chi connectivity index (χ2n) is 7.19. The molecule has 1 aliphatic heterocycles. The molecule has 2 amide bonds. The Kier molecular flexibility index (Phi) is 5.12. The Morgan fingerprint density at radius 2 is 1.70 bits per heavy atom. The summed E-state index contributed by atoms with van der Waals surface area (Å²) in [6, 6.07) is 7.75. The van der Waals surface area contributed by atoms with Gasteiger partial charge < -0.3 is 15.1 Å². The summed E-state index contributed by atoms with van der Waals surface area (Å²) < 4.78 is 0. The Labute approximate surface area is 159 Å². The van der Waals surface area contributed by atoms with Crippen LogP contribution in [0.5, 0.6) is 0 Å². The van der Waals surface area contributed by atoms with Gasteiger partial charge in [0.15, 0.2) is 0 Å². The van der Waals surface area contributed by atoms with Crippen LogP contribution in [0.1, 0.15) is 23.4 Å². The van der Waals surface area contributed by atoms with Crippen molar-refractivity contribution in [3.05, 3.63) is 41.2 Å². The molecule has 0 radical (unpaired) electrons. The van der Waals surface area contributed by atoms with Gasteiger partial charge in [-0.3, -0.25) is 9.59 Å². The predicted octanol–water partition coefficient (Wildman–Crippen LogP) is 2.46. The van der Waals surface area contributed by atoms with Gasteiger partial charge in [0.2, 0.25) is 17.8 Å². The van der Waals surface area contributed by atoms with Crippen LogP contribution in [0, 0.1) is 26.7 Å². The maximum absolute atomic E-state index is 12.8. The highest BCUT2D eigenvalue weighted by atomic mass is 16.2. The minimum atomic E-state index is -0.397. The number of rotatable bonds is 4. The average molecular weight is 367 g/mol. The van der Waals surface area contributed by atoms with Crippen molar-refractivity contribution >= 4 is 29.1 Å². The van der Waals surface area contributed by atoms with Crippen LogP contribution in [0.3, 0.4) is 0 Å². The molecule has 1 N–H and O–H groups in total. The SMILES string of the molecule is Cc1ccc(N2CC(C(=O)Nc3c(C)nc(N(C)C)nc3C)CC2=O)cc1. The fourth-order valence-electron chi connectivity index (χ4n) is 3.16. The number of benzene rings is 1. The number of aromatic nitrogens is 2. The molecule has 7 heteroatoms. The molecule has 7 nitrogen and oxygen atoms in total. The maximum atomic E-state index is 12.8. The Hall–Kier alpha value is -2.96. The predicted molar refractivity (Wildman–Crippen MR) is 106 cm³/mol. The van der Waals surface area contributed by atoms with Gasteiger partial charge in [0.05, 0.1) is 23.0 Å². The number of aryl methyl sites for hydroxylation is 3. The van der Waals surface area contributed by atoms with Gasteiger partial charge in [-0.15, -0.1) is 0 Å². The van der Waals surface area contributed by atoms with Crippen LogP contribution in [0.15, 0.2) is 24.3 Å². The van der Waals surface area contributed by atoms with Crippen molar-refractivity contribution in [3.8, 4) is 0 Å². The maximum Gasteiger partial charge on any atom is 0.229 e. The third kappa shape index (κ3) is 3.92. The molecule has 1 saturated heterocycles. The fourth-order valence-corrected chi connectivity index (χ4v) is 3.16. The van der Waals surface area contributed by atoms with Gasteiger partial charge in [-0.25, -0.2) is 9.97 Å². The highest BCUT2D eigenvalue weighted by Gasteiger charge is 2.35. The molecule has 1 atom stereocenters. The van der Waals surface area contributed by atoms with Crippen LogP contribution in [0.25, 0.3) is 0 Å². The van der Waals surface area contributed by atoms with E-state index in [4.69, 9.17) is 0 Å². The van der Waals surface area contributed by atoms with Crippen molar-refractivity contribution in [2.75, 3.05) is 35.8 Å². The smallest absolute Gasteiger partial charge is 0.229 e. The van der Waals surface area contributed by atoms with E-state index in [0.29, 0.717) is 29.6 Å². The number of carbonyl (C=O) groups excluding carboxylic acids is 2. The zero-order valence-electron chi connectivity index (χ0n) is 16.4. The van der Waals surface area contributed by atoms with E-state index in [9.17, 15) is 9.59 Å². The van der Waals surface area contributed by atoms with Crippen molar-refractivity contribution < 1.29 is 9.59 Å². The van der Waals surface area contributed by atoms with E-state index in [0.717, 1.165) is 11.3 Å². The van der Waals surface area contributed by atoms with Gasteiger partial charge in [0, 0.05) is 32.7 Å². The van der Waals surface area contributed by atoms with E-state index >= 15 is 0 Å². The molecule has 1 unspecified atom stereocenters. The van der Waals surface area contributed by atoms with Crippen LogP contribution in [0.4, 0.5) is 17.3 Å². The van der Waals surface area contributed by atoms with Gasteiger partial charge in [0.1, 0.15) is 0 Å².